The van der Waals surface area contributed by atoms with Crippen molar-refractivity contribution in [1.82, 2.24) is 0 Å². The van der Waals surface area contributed by atoms with Gasteiger partial charge in [0.2, 0.25) is 0 Å². The minimum absolute atomic E-state index is 0.0915. The molecule has 1 aromatic rings. The first-order chi connectivity index (χ1) is 5.74. The Hall–Kier alpha value is -1.20. The molecule has 2 heteroatoms. The summed E-state index contributed by atoms with van der Waals surface area (Å²) >= 11 is 0. The fourth-order valence-corrected chi connectivity index (χ4v) is 0.965. The smallest absolute Gasteiger partial charge is 0.121 e. The van der Waals surface area contributed by atoms with Crippen molar-refractivity contribution in [3.8, 4) is 11.8 Å². The molecule has 0 unspecified atom stereocenters. The predicted octanol–water partition coefficient (Wildman–Crippen LogP) is 2.00. The number of hydrogen-bond acceptors (Lipinski definition) is 2. The third-order valence-corrected chi connectivity index (χ3v) is 1.63. The molecule has 0 aliphatic heterocycles. The molecule has 1 aromatic heterocycles. The van der Waals surface area contributed by atoms with Gasteiger partial charge in [0.1, 0.15) is 11.5 Å². The van der Waals surface area contributed by atoms with Gasteiger partial charge < -0.3 is 10.2 Å². The van der Waals surface area contributed by atoms with Gasteiger partial charge in [-0.1, -0.05) is 0 Å². The van der Waals surface area contributed by atoms with Crippen LogP contribution in [-0.4, -0.2) is 0 Å². The van der Waals surface area contributed by atoms with Crippen molar-refractivity contribution in [2.24, 2.45) is 5.73 Å². The van der Waals surface area contributed by atoms with E-state index in [1.165, 1.54) is 0 Å². The van der Waals surface area contributed by atoms with E-state index in [-0.39, 0.29) is 6.04 Å². The average molecular weight is 163 g/mol. The van der Waals surface area contributed by atoms with Crippen LogP contribution in [0.3, 0.4) is 0 Å². The highest BCUT2D eigenvalue weighted by molar-refractivity contribution is 5.12. The van der Waals surface area contributed by atoms with E-state index in [1.54, 1.807) is 6.92 Å². The quantitative estimate of drug-likeness (QED) is 0.677. The van der Waals surface area contributed by atoms with Gasteiger partial charge in [-0.15, -0.1) is 11.8 Å². The Bertz CT molecular complexity index is 303. The summed E-state index contributed by atoms with van der Waals surface area (Å²) in [5.74, 6) is 7.43. The van der Waals surface area contributed by atoms with Crippen LogP contribution in [-0.2, 0) is 0 Å². The van der Waals surface area contributed by atoms with Crippen molar-refractivity contribution in [1.29, 1.82) is 0 Å². The molecular formula is C10H13NO. The number of furan rings is 1. The van der Waals surface area contributed by atoms with E-state index >= 15 is 0 Å². The monoisotopic (exact) mass is 163 g/mol. The van der Waals surface area contributed by atoms with Gasteiger partial charge in [0, 0.05) is 6.42 Å². The van der Waals surface area contributed by atoms with Gasteiger partial charge in [0.15, 0.2) is 0 Å². The zero-order valence-corrected chi connectivity index (χ0v) is 7.42. The van der Waals surface area contributed by atoms with Crippen LogP contribution < -0.4 is 5.73 Å². The van der Waals surface area contributed by atoms with E-state index in [9.17, 15) is 0 Å². The first kappa shape index (κ1) is 8.89. The SMILES string of the molecule is CC#CC[C@@H](N)c1ccc(C)o1. The maximum absolute atomic E-state index is 5.80. The minimum Gasteiger partial charge on any atom is -0.465 e. The molecule has 64 valence electrons. The molecule has 0 fully saturated rings. The number of nitrogens with two attached hydrogens (primary N) is 1. The Balaban J connectivity index is 2.62. The zero-order valence-electron chi connectivity index (χ0n) is 7.42. The molecule has 0 aromatic carbocycles. The maximum Gasteiger partial charge on any atom is 0.121 e. The summed E-state index contributed by atoms with van der Waals surface area (Å²) in [6.45, 7) is 3.71. The average Bonchev–Trinajstić information content (AvgIpc) is 2.47. The van der Waals surface area contributed by atoms with Gasteiger partial charge in [-0.2, -0.15) is 0 Å². The first-order valence-electron chi connectivity index (χ1n) is 3.95. The van der Waals surface area contributed by atoms with Crippen LogP contribution in [0, 0.1) is 18.8 Å². The molecular weight excluding hydrogens is 150 g/mol. The summed E-state index contributed by atoms with van der Waals surface area (Å²) in [5.41, 5.74) is 5.80. The van der Waals surface area contributed by atoms with Gasteiger partial charge >= 0.3 is 0 Å². The van der Waals surface area contributed by atoms with Gasteiger partial charge in [-0.3, -0.25) is 0 Å². The second-order valence-corrected chi connectivity index (χ2v) is 2.69. The Morgan fingerprint density at radius 1 is 1.58 bits per heavy atom. The Kier molecular flexibility index (Phi) is 2.95. The normalized spacial score (nSPS) is 11.9. The third-order valence-electron chi connectivity index (χ3n) is 1.63. The zero-order chi connectivity index (χ0) is 8.97. The second-order valence-electron chi connectivity index (χ2n) is 2.69. The highest BCUT2D eigenvalue weighted by Crippen LogP contribution is 2.15. The summed E-state index contributed by atoms with van der Waals surface area (Å²) in [5, 5.41) is 0. The molecule has 0 saturated carbocycles. The predicted molar refractivity (Wildman–Crippen MR) is 48.4 cm³/mol. The van der Waals surface area contributed by atoms with Gasteiger partial charge in [0.05, 0.1) is 6.04 Å². The highest BCUT2D eigenvalue weighted by atomic mass is 16.3. The summed E-state index contributed by atoms with van der Waals surface area (Å²) < 4.78 is 5.35. The molecule has 0 spiro atoms. The van der Waals surface area contributed by atoms with E-state index in [0.717, 1.165) is 11.5 Å². The summed E-state index contributed by atoms with van der Waals surface area (Å²) in [6, 6.07) is 3.72. The fourth-order valence-electron chi connectivity index (χ4n) is 0.965. The van der Waals surface area contributed by atoms with Crippen molar-refractivity contribution >= 4 is 0 Å². The number of hydrogen-bond donors (Lipinski definition) is 1. The molecule has 1 rings (SSSR count). The van der Waals surface area contributed by atoms with Crippen LogP contribution in [0.1, 0.15) is 30.9 Å². The van der Waals surface area contributed by atoms with E-state index in [4.69, 9.17) is 10.2 Å². The van der Waals surface area contributed by atoms with E-state index in [0.29, 0.717) is 6.42 Å². The molecule has 12 heavy (non-hydrogen) atoms. The number of rotatable bonds is 2. The molecule has 0 bridgehead atoms. The lowest BCUT2D eigenvalue weighted by atomic mass is 10.2. The van der Waals surface area contributed by atoms with Crippen molar-refractivity contribution in [3.63, 3.8) is 0 Å². The molecule has 0 radical (unpaired) electrons. The topological polar surface area (TPSA) is 39.2 Å². The highest BCUT2D eigenvalue weighted by Gasteiger charge is 2.07. The van der Waals surface area contributed by atoms with Crippen LogP contribution in [0.25, 0.3) is 0 Å². The van der Waals surface area contributed by atoms with E-state index in [1.807, 2.05) is 19.1 Å². The molecule has 1 atom stereocenters. The number of aryl methyl sites for hydroxylation is 1. The molecule has 0 aliphatic carbocycles. The van der Waals surface area contributed by atoms with Crippen LogP contribution in [0.15, 0.2) is 16.5 Å². The molecule has 2 nitrogen and oxygen atoms in total. The van der Waals surface area contributed by atoms with Crippen LogP contribution in [0.2, 0.25) is 0 Å². The maximum atomic E-state index is 5.80. The molecule has 0 saturated heterocycles. The van der Waals surface area contributed by atoms with Gasteiger partial charge in [-0.05, 0) is 26.0 Å². The van der Waals surface area contributed by atoms with E-state index < -0.39 is 0 Å². The van der Waals surface area contributed by atoms with E-state index in [2.05, 4.69) is 11.8 Å². The van der Waals surface area contributed by atoms with Crippen molar-refractivity contribution in [2.75, 3.05) is 0 Å². The third kappa shape index (κ3) is 2.14. The largest absolute Gasteiger partial charge is 0.465 e. The van der Waals surface area contributed by atoms with Crippen molar-refractivity contribution in [3.05, 3.63) is 23.7 Å². The molecule has 1 heterocycles. The Labute approximate surface area is 72.8 Å². The molecule has 0 amide bonds. The van der Waals surface area contributed by atoms with Crippen molar-refractivity contribution < 1.29 is 4.42 Å². The molecule has 0 aliphatic rings. The summed E-state index contributed by atoms with van der Waals surface area (Å²) in [6.07, 6.45) is 0.656. The van der Waals surface area contributed by atoms with Gasteiger partial charge in [-0.25, -0.2) is 0 Å². The van der Waals surface area contributed by atoms with Crippen LogP contribution in [0.5, 0.6) is 0 Å². The van der Waals surface area contributed by atoms with Crippen LogP contribution >= 0.6 is 0 Å². The lowest BCUT2D eigenvalue weighted by Gasteiger charge is -2.02. The lowest BCUT2D eigenvalue weighted by molar-refractivity contribution is 0.449. The lowest BCUT2D eigenvalue weighted by Crippen LogP contribution is -2.07. The minimum atomic E-state index is -0.0915. The van der Waals surface area contributed by atoms with Crippen LogP contribution in [0.4, 0.5) is 0 Å². The van der Waals surface area contributed by atoms with Gasteiger partial charge in [0.25, 0.3) is 0 Å². The summed E-state index contributed by atoms with van der Waals surface area (Å²) in [4.78, 5) is 0. The Morgan fingerprint density at radius 2 is 2.33 bits per heavy atom. The Morgan fingerprint density at radius 3 is 2.83 bits per heavy atom. The second kappa shape index (κ2) is 3.99. The fraction of sp³-hybridized carbons (Fsp3) is 0.400. The standard InChI is InChI=1S/C10H13NO/c1-3-4-5-9(11)10-7-6-8(2)12-10/h6-7,9H,5,11H2,1-2H3/t9-/m1/s1. The molecule has 2 N–H and O–H groups in total. The first-order valence-corrected chi connectivity index (χ1v) is 3.95. The summed E-state index contributed by atoms with van der Waals surface area (Å²) in [7, 11) is 0. The van der Waals surface area contributed by atoms with Crippen molar-refractivity contribution in [2.45, 2.75) is 26.3 Å².